The molecule has 2 fully saturated rings. The topological polar surface area (TPSA) is 84.9 Å². The maximum absolute atomic E-state index is 13.5. The van der Waals surface area contributed by atoms with Crippen molar-refractivity contribution in [1.29, 1.82) is 0 Å². The highest BCUT2D eigenvalue weighted by Gasteiger charge is 2.44. The van der Waals surface area contributed by atoms with Crippen LogP contribution in [0.4, 0.5) is 4.79 Å². The maximum atomic E-state index is 13.5. The van der Waals surface area contributed by atoms with E-state index in [-0.39, 0.29) is 11.8 Å². The van der Waals surface area contributed by atoms with Crippen LogP contribution in [0.2, 0.25) is 0 Å². The molecule has 1 aliphatic heterocycles. The number of carbonyl (C=O) groups is 3. The highest BCUT2D eigenvalue weighted by molar-refractivity contribution is 5.91. The van der Waals surface area contributed by atoms with E-state index in [1.807, 2.05) is 13.0 Å². The highest BCUT2D eigenvalue weighted by Crippen LogP contribution is 2.41. The number of ether oxygens (including phenoxy) is 2. The molecule has 4 atom stereocenters. The van der Waals surface area contributed by atoms with Gasteiger partial charge in [-0.2, -0.15) is 0 Å². The van der Waals surface area contributed by atoms with Crippen molar-refractivity contribution in [1.82, 2.24) is 10.2 Å². The van der Waals surface area contributed by atoms with E-state index in [0.717, 1.165) is 64.2 Å². The lowest BCUT2D eigenvalue weighted by Gasteiger charge is -2.34. The van der Waals surface area contributed by atoms with Crippen molar-refractivity contribution in [2.24, 2.45) is 11.8 Å². The number of methoxy groups -OCH3 is 1. The zero-order valence-electron chi connectivity index (χ0n) is 19.5. The normalized spacial score (nSPS) is 28.5. The fourth-order valence-corrected chi connectivity index (χ4v) is 5.59. The van der Waals surface area contributed by atoms with Gasteiger partial charge < -0.3 is 19.7 Å². The molecule has 0 aromatic rings. The summed E-state index contributed by atoms with van der Waals surface area (Å²) in [6.45, 7) is 6.14. The Balaban J connectivity index is 1.67. The van der Waals surface area contributed by atoms with E-state index in [4.69, 9.17) is 9.47 Å². The van der Waals surface area contributed by atoms with E-state index >= 15 is 0 Å². The van der Waals surface area contributed by atoms with Gasteiger partial charge in [-0.1, -0.05) is 31.1 Å². The van der Waals surface area contributed by atoms with Gasteiger partial charge in [0.1, 0.15) is 17.7 Å². The van der Waals surface area contributed by atoms with E-state index in [2.05, 4.69) is 11.9 Å². The largest absolute Gasteiger partial charge is 0.467 e. The summed E-state index contributed by atoms with van der Waals surface area (Å²) in [7, 11) is 1.31. The summed E-state index contributed by atoms with van der Waals surface area (Å²) in [6.07, 6.45) is 14.6. The lowest BCUT2D eigenvalue weighted by molar-refractivity contribution is -0.150. The monoisotopic (exact) mass is 446 g/mol. The first-order valence-electron chi connectivity index (χ1n) is 12.0. The van der Waals surface area contributed by atoms with Gasteiger partial charge in [0, 0.05) is 6.54 Å². The molecule has 2 saturated carbocycles. The standard InChI is InChI=1S/C25H38N2O5/c1-4-5-6-13-19-14-9-16-25(19,2)32-24(30)26-21(18-11-7-8-12-18)22(28)27-17-10-15-20(27)23(29)31-3/h4,10,15,18-21H,1,5-9,11-14,16-17H2,2-3H3,(H,26,30)/t19-,20+,21+,25-/m1/s1. The average Bonchev–Trinajstić information content (AvgIpc) is 3.53. The highest BCUT2D eigenvalue weighted by atomic mass is 16.6. The van der Waals surface area contributed by atoms with Crippen LogP contribution in [0.25, 0.3) is 0 Å². The van der Waals surface area contributed by atoms with Gasteiger partial charge in [-0.15, -0.1) is 6.58 Å². The van der Waals surface area contributed by atoms with Crippen molar-refractivity contribution >= 4 is 18.0 Å². The molecule has 1 N–H and O–H groups in total. The Morgan fingerprint density at radius 2 is 2.00 bits per heavy atom. The molecule has 0 spiro atoms. The molecule has 0 aromatic carbocycles. The molecule has 2 amide bonds. The molecule has 0 saturated heterocycles. The van der Waals surface area contributed by atoms with Crippen LogP contribution in [0.1, 0.15) is 71.1 Å². The first kappa shape index (κ1) is 24.3. The number of unbranched alkanes of at least 4 members (excludes halogenated alkanes) is 1. The zero-order valence-corrected chi connectivity index (χ0v) is 19.5. The van der Waals surface area contributed by atoms with Crippen molar-refractivity contribution in [2.45, 2.75) is 88.8 Å². The van der Waals surface area contributed by atoms with Crippen molar-refractivity contribution in [3.05, 3.63) is 24.8 Å². The molecule has 7 heteroatoms. The minimum atomic E-state index is -0.740. The molecule has 2 aliphatic carbocycles. The summed E-state index contributed by atoms with van der Waals surface area (Å²) in [6, 6.07) is -1.43. The molecule has 0 aromatic heterocycles. The second-order valence-electron chi connectivity index (χ2n) is 9.56. The van der Waals surface area contributed by atoms with Gasteiger partial charge in [0.2, 0.25) is 5.91 Å². The fraction of sp³-hybridized carbons (Fsp3) is 0.720. The van der Waals surface area contributed by atoms with Crippen LogP contribution in [0.15, 0.2) is 24.8 Å². The van der Waals surface area contributed by atoms with Gasteiger partial charge in [-0.25, -0.2) is 9.59 Å². The van der Waals surface area contributed by atoms with Crippen LogP contribution < -0.4 is 5.32 Å². The van der Waals surface area contributed by atoms with Crippen LogP contribution in [0.5, 0.6) is 0 Å². The Hall–Kier alpha value is -2.31. The van der Waals surface area contributed by atoms with Crippen LogP contribution in [0.3, 0.4) is 0 Å². The quantitative estimate of drug-likeness (QED) is 0.327. The van der Waals surface area contributed by atoms with E-state index in [9.17, 15) is 14.4 Å². The Labute approximate surface area is 191 Å². The molecule has 7 nitrogen and oxygen atoms in total. The number of amides is 2. The van der Waals surface area contributed by atoms with Gasteiger partial charge >= 0.3 is 12.1 Å². The lowest BCUT2D eigenvalue weighted by atomic mass is 9.88. The maximum Gasteiger partial charge on any atom is 0.408 e. The molecule has 0 bridgehead atoms. The molecular formula is C25H38N2O5. The summed E-state index contributed by atoms with van der Waals surface area (Å²) in [5, 5.41) is 2.90. The number of alkyl carbamates (subject to hydrolysis) is 1. The number of hydrogen-bond acceptors (Lipinski definition) is 5. The van der Waals surface area contributed by atoms with E-state index < -0.39 is 29.7 Å². The van der Waals surface area contributed by atoms with Crippen molar-refractivity contribution in [3.63, 3.8) is 0 Å². The van der Waals surface area contributed by atoms with Crippen LogP contribution in [-0.2, 0) is 19.1 Å². The van der Waals surface area contributed by atoms with Crippen molar-refractivity contribution < 1.29 is 23.9 Å². The Kier molecular flexibility index (Phi) is 8.38. The average molecular weight is 447 g/mol. The Bertz CT molecular complexity index is 730. The van der Waals surface area contributed by atoms with Crippen molar-refractivity contribution in [2.75, 3.05) is 13.7 Å². The molecule has 3 rings (SSSR count). The molecular weight excluding hydrogens is 408 g/mol. The number of hydrogen-bond donors (Lipinski definition) is 1. The number of carbonyl (C=O) groups excluding carboxylic acids is 3. The van der Waals surface area contributed by atoms with Gasteiger partial charge in [0.15, 0.2) is 0 Å². The van der Waals surface area contributed by atoms with Gasteiger partial charge in [-0.3, -0.25) is 4.79 Å². The predicted octanol–water partition coefficient (Wildman–Crippen LogP) is 4.13. The summed E-state index contributed by atoms with van der Waals surface area (Å²) in [4.78, 5) is 40.1. The van der Waals surface area contributed by atoms with Gasteiger partial charge in [0.05, 0.1) is 7.11 Å². The number of rotatable bonds is 9. The third-order valence-corrected chi connectivity index (χ3v) is 7.47. The van der Waals surface area contributed by atoms with Crippen molar-refractivity contribution in [3.8, 4) is 0 Å². The minimum Gasteiger partial charge on any atom is -0.467 e. The number of nitrogens with one attached hydrogen (secondary N) is 1. The third-order valence-electron chi connectivity index (χ3n) is 7.47. The second-order valence-corrected chi connectivity index (χ2v) is 9.56. The smallest absolute Gasteiger partial charge is 0.408 e. The molecule has 0 unspecified atom stereocenters. The lowest BCUT2D eigenvalue weighted by Crippen LogP contribution is -2.55. The molecule has 3 aliphatic rings. The van der Waals surface area contributed by atoms with Gasteiger partial charge in [-0.05, 0) is 70.1 Å². The molecule has 178 valence electrons. The first-order valence-corrected chi connectivity index (χ1v) is 12.0. The fourth-order valence-electron chi connectivity index (χ4n) is 5.59. The summed E-state index contributed by atoms with van der Waals surface area (Å²) >= 11 is 0. The van der Waals surface area contributed by atoms with Crippen LogP contribution in [0, 0.1) is 11.8 Å². The molecule has 1 heterocycles. The van der Waals surface area contributed by atoms with E-state index in [0.29, 0.717) is 12.5 Å². The van der Waals surface area contributed by atoms with Gasteiger partial charge in [0.25, 0.3) is 0 Å². The molecule has 32 heavy (non-hydrogen) atoms. The Morgan fingerprint density at radius 3 is 2.69 bits per heavy atom. The summed E-state index contributed by atoms with van der Waals surface area (Å²) in [5.74, 6) is -0.344. The summed E-state index contributed by atoms with van der Waals surface area (Å²) in [5.41, 5.74) is -0.516. The van der Waals surface area contributed by atoms with Crippen LogP contribution >= 0.6 is 0 Å². The number of esters is 1. The first-order chi connectivity index (χ1) is 15.4. The van der Waals surface area contributed by atoms with Crippen LogP contribution in [-0.4, -0.2) is 54.2 Å². The number of allylic oxidation sites excluding steroid dienone is 1. The minimum absolute atomic E-state index is 0.0497. The second kappa shape index (κ2) is 11.0. The zero-order chi connectivity index (χ0) is 23.1. The predicted molar refractivity (Wildman–Crippen MR) is 122 cm³/mol. The molecule has 0 radical (unpaired) electrons. The number of nitrogens with zero attached hydrogens (tertiary/aromatic N) is 1. The SMILES string of the molecule is C=CCCC[C@@H]1CCC[C@@]1(C)OC(=O)N[C@H](C(=O)N1CC=C[C@H]1C(=O)OC)C1CCCC1. The third kappa shape index (κ3) is 5.54. The summed E-state index contributed by atoms with van der Waals surface area (Å²) < 4.78 is 10.8. The Morgan fingerprint density at radius 1 is 1.25 bits per heavy atom. The van der Waals surface area contributed by atoms with E-state index in [1.54, 1.807) is 12.2 Å². The van der Waals surface area contributed by atoms with E-state index in [1.165, 1.54) is 12.0 Å².